The second-order valence-electron chi connectivity index (χ2n) is 4.63. The smallest absolute Gasteiger partial charge is 0.274 e. The van der Waals surface area contributed by atoms with E-state index in [1.807, 2.05) is 42.5 Å². The van der Waals surface area contributed by atoms with E-state index in [9.17, 15) is 4.79 Å². The van der Waals surface area contributed by atoms with Gasteiger partial charge in [0.05, 0.1) is 17.6 Å². The van der Waals surface area contributed by atoms with E-state index in [0.29, 0.717) is 11.4 Å². The number of aryl methyl sites for hydroxylation is 1. The predicted octanol–water partition coefficient (Wildman–Crippen LogP) is 2.73. The first kappa shape index (κ1) is 13.1. The van der Waals surface area contributed by atoms with Crippen molar-refractivity contribution in [2.45, 2.75) is 0 Å². The number of benzene rings is 1. The summed E-state index contributed by atoms with van der Waals surface area (Å²) in [5.74, 6) is -0.249. The number of nitrogens with one attached hydrogen (secondary N) is 1. The fraction of sp³-hybridized carbons (Fsp3) is 0.0625. The summed E-state index contributed by atoms with van der Waals surface area (Å²) in [4.78, 5) is 16.6. The normalized spacial score (nSPS) is 10.3. The molecule has 0 saturated carbocycles. The Kier molecular flexibility index (Phi) is 3.47. The maximum Gasteiger partial charge on any atom is 0.274 e. The molecule has 1 aromatic carbocycles. The zero-order valence-corrected chi connectivity index (χ0v) is 11.5. The van der Waals surface area contributed by atoms with Crippen molar-refractivity contribution in [3.05, 3.63) is 66.6 Å². The second-order valence-corrected chi connectivity index (χ2v) is 4.63. The molecule has 0 saturated heterocycles. The van der Waals surface area contributed by atoms with Crippen molar-refractivity contribution in [3.8, 4) is 11.3 Å². The van der Waals surface area contributed by atoms with Crippen molar-refractivity contribution in [2.75, 3.05) is 5.32 Å². The predicted molar refractivity (Wildman–Crippen MR) is 80.8 cm³/mol. The molecule has 0 fully saturated rings. The quantitative estimate of drug-likeness (QED) is 0.801. The maximum atomic E-state index is 12.2. The molecular formula is C16H14N4O. The molecule has 0 radical (unpaired) electrons. The Balaban J connectivity index is 1.84. The van der Waals surface area contributed by atoms with Crippen molar-refractivity contribution in [2.24, 2.45) is 7.05 Å². The van der Waals surface area contributed by atoms with E-state index in [1.54, 1.807) is 30.2 Å². The van der Waals surface area contributed by atoms with Crippen LogP contribution in [-0.2, 0) is 7.05 Å². The van der Waals surface area contributed by atoms with E-state index < -0.39 is 0 Å². The number of carbonyl (C=O) groups excluding carboxylic acids is 1. The first-order valence-electron chi connectivity index (χ1n) is 6.55. The van der Waals surface area contributed by atoms with Crippen LogP contribution in [0.15, 0.2) is 60.9 Å². The highest BCUT2D eigenvalue weighted by molar-refractivity contribution is 6.03. The summed E-state index contributed by atoms with van der Waals surface area (Å²) in [5, 5.41) is 6.78. The summed E-state index contributed by atoms with van der Waals surface area (Å²) >= 11 is 0. The van der Waals surface area contributed by atoms with Crippen molar-refractivity contribution < 1.29 is 4.79 Å². The van der Waals surface area contributed by atoms with Gasteiger partial charge in [0.25, 0.3) is 5.91 Å². The molecule has 0 bridgehead atoms. The van der Waals surface area contributed by atoms with E-state index in [4.69, 9.17) is 0 Å². The number of hydrogen-bond acceptors (Lipinski definition) is 3. The number of hydrogen-bond donors (Lipinski definition) is 1. The minimum atomic E-state index is -0.249. The van der Waals surface area contributed by atoms with Gasteiger partial charge in [0.2, 0.25) is 0 Å². The van der Waals surface area contributed by atoms with Crippen LogP contribution in [0.4, 0.5) is 5.69 Å². The summed E-state index contributed by atoms with van der Waals surface area (Å²) < 4.78 is 1.63. The van der Waals surface area contributed by atoms with Crippen LogP contribution < -0.4 is 5.32 Å². The van der Waals surface area contributed by atoms with Gasteiger partial charge in [-0.15, -0.1) is 0 Å². The van der Waals surface area contributed by atoms with Crippen LogP contribution in [-0.4, -0.2) is 20.7 Å². The third kappa shape index (κ3) is 2.97. The lowest BCUT2D eigenvalue weighted by molar-refractivity contribution is 0.102. The molecule has 0 spiro atoms. The Labute approximate surface area is 122 Å². The Morgan fingerprint density at radius 1 is 1.10 bits per heavy atom. The van der Waals surface area contributed by atoms with Crippen molar-refractivity contribution in [3.63, 3.8) is 0 Å². The lowest BCUT2D eigenvalue weighted by atomic mass is 10.1. The van der Waals surface area contributed by atoms with Gasteiger partial charge in [0, 0.05) is 18.8 Å². The lowest BCUT2D eigenvalue weighted by Gasteiger charge is -2.05. The van der Waals surface area contributed by atoms with E-state index in [-0.39, 0.29) is 5.91 Å². The third-order valence-corrected chi connectivity index (χ3v) is 3.01. The van der Waals surface area contributed by atoms with Gasteiger partial charge in [0.15, 0.2) is 0 Å². The molecule has 0 aliphatic carbocycles. The number of anilines is 1. The minimum Gasteiger partial charge on any atom is -0.318 e. The Morgan fingerprint density at radius 3 is 2.62 bits per heavy atom. The van der Waals surface area contributed by atoms with E-state index in [1.165, 1.54) is 0 Å². The van der Waals surface area contributed by atoms with Gasteiger partial charge >= 0.3 is 0 Å². The molecule has 104 valence electrons. The zero-order chi connectivity index (χ0) is 14.7. The molecule has 3 aromatic rings. The molecule has 0 aliphatic rings. The van der Waals surface area contributed by atoms with Crippen molar-refractivity contribution >= 4 is 11.6 Å². The average molecular weight is 278 g/mol. The molecule has 3 rings (SSSR count). The van der Waals surface area contributed by atoms with Crippen LogP contribution >= 0.6 is 0 Å². The highest BCUT2D eigenvalue weighted by Gasteiger charge is 2.10. The summed E-state index contributed by atoms with van der Waals surface area (Å²) in [7, 11) is 1.80. The fourth-order valence-electron chi connectivity index (χ4n) is 2.01. The third-order valence-electron chi connectivity index (χ3n) is 3.01. The van der Waals surface area contributed by atoms with Crippen LogP contribution in [0.1, 0.15) is 10.5 Å². The highest BCUT2D eigenvalue weighted by Crippen LogP contribution is 2.17. The number of aromatic nitrogens is 3. The van der Waals surface area contributed by atoms with Crippen molar-refractivity contribution in [1.82, 2.24) is 14.8 Å². The lowest BCUT2D eigenvalue weighted by Crippen LogP contribution is -2.13. The Bertz CT molecular complexity index is 765. The molecule has 2 heterocycles. The molecule has 0 aliphatic heterocycles. The van der Waals surface area contributed by atoms with Gasteiger partial charge in [-0.2, -0.15) is 5.10 Å². The van der Waals surface area contributed by atoms with Crippen molar-refractivity contribution in [1.29, 1.82) is 0 Å². The average Bonchev–Trinajstić information content (AvgIpc) is 2.93. The topological polar surface area (TPSA) is 59.8 Å². The summed E-state index contributed by atoms with van der Waals surface area (Å²) in [6.45, 7) is 0. The maximum absolute atomic E-state index is 12.2. The molecule has 2 aromatic heterocycles. The van der Waals surface area contributed by atoms with Gasteiger partial charge in [-0.05, 0) is 12.1 Å². The SMILES string of the molecule is Cn1cc(NC(=O)c2cccc(-c3ccccc3)n2)cn1. The molecular weight excluding hydrogens is 264 g/mol. The molecule has 21 heavy (non-hydrogen) atoms. The fourth-order valence-corrected chi connectivity index (χ4v) is 2.01. The number of rotatable bonds is 3. The van der Waals surface area contributed by atoms with Gasteiger partial charge < -0.3 is 5.32 Å². The Morgan fingerprint density at radius 2 is 1.90 bits per heavy atom. The molecule has 1 amide bonds. The number of amides is 1. The standard InChI is InChI=1S/C16H14N4O/c1-20-11-13(10-17-20)18-16(21)15-9-5-8-14(19-15)12-6-3-2-4-7-12/h2-11H,1H3,(H,18,21). The molecule has 0 atom stereocenters. The van der Waals surface area contributed by atoms with Gasteiger partial charge in [-0.3, -0.25) is 9.48 Å². The van der Waals surface area contributed by atoms with E-state index in [2.05, 4.69) is 15.4 Å². The molecule has 0 unspecified atom stereocenters. The van der Waals surface area contributed by atoms with Crippen LogP contribution in [0.5, 0.6) is 0 Å². The van der Waals surface area contributed by atoms with Crippen LogP contribution in [0, 0.1) is 0 Å². The Hall–Kier alpha value is -2.95. The van der Waals surface area contributed by atoms with Crippen LogP contribution in [0.3, 0.4) is 0 Å². The summed E-state index contributed by atoms with van der Waals surface area (Å²) in [5.41, 5.74) is 2.78. The number of pyridine rings is 1. The van der Waals surface area contributed by atoms with E-state index in [0.717, 1.165) is 11.3 Å². The molecule has 1 N–H and O–H groups in total. The summed E-state index contributed by atoms with van der Waals surface area (Å²) in [6.07, 6.45) is 3.33. The minimum absolute atomic E-state index is 0.249. The monoisotopic (exact) mass is 278 g/mol. The van der Waals surface area contributed by atoms with Gasteiger partial charge in [-0.1, -0.05) is 36.4 Å². The van der Waals surface area contributed by atoms with Gasteiger partial charge in [-0.25, -0.2) is 4.98 Å². The zero-order valence-electron chi connectivity index (χ0n) is 11.5. The molecule has 5 nitrogen and oxygen atoms in total. The summed E-state index contributed by atoms with van der Waals surface area (Å²) in [6, 6.07) is 15.2. The van der Waals surface area contributed by atoms with Crippen LogP contribution in [0.2, 0.25) is 0 Å². The number of carbonyl (C=O) groups is 1. The highest BCUT2D eigenvalue weighted by atomic mass is 16.1. The van der Waals surface area contributed by atoms with Gasteiger partial charge in [0.1, 0.15) is 5.69 Å². The van der Waals surface area contributed by atoms with E-state index >= 15 is 0 Å². The first-order chi connectivity index (χ1) is 10.2. The second kappa shape index (κ2) is 5.58. The largest absolute Gasteiger partial charge is 0.318 e. The van der Waals surface area contributed by atoms with Crippen LogP contribution in [0.25, 0.3) is 11.3 Å². The number of nitrogens with zero attached hydrogens (tertiary/aromatic N) is 3. The first-order valence-corrected chi connectivity index (χ1v) is 6.55. The molecule has 5 heteroatoms.